The summed E-state index contributed by atoms with van der Waals surface area (Å²) in [7, 11) is 0. The smallest absolute Gasteiger partial charge is 0.334 e. The Morgan fingerprint density at radius 1 is 1.38 bits per heavy atom. The molecule has 6 nitrogen and oxygen atoms in total. The van der Waals surface area contributed by atoms with Crippen LogP contribution in [0.15, 0.2) is 23.8 Å². The lowest BCUT2D eigenvalue weighted by Gasteiger charge is -2.32. The first-order valence-electron chi connectivity index (χ1n) is 7.04. The molecule has 0 aromatic heterocycles. The van der Waals surface area contributed by atoms with E-state index >= 15 is 0 Å². The SMILES string of the molecule is C=C1C(=O)O[C@@H]2/C=C(\C)[C@@]3(O)C[C@@H](O)[C@@](C)(C[C@@H](O)[C@@H]12)O3. The Labute approximate surface area is 122 Å². The largest absolute Gasteiger partial charge is 0.454 e. The number of hydrogen-bond donors (Lipinski definition) is 3. The van der Waals surface area contributed by atoms with Gasteiger partial charge >= 0.3 is 5.97 Å². The van der Waals surface area contributed by atoms with Gasteiger partial charge in [0, 0.05) is 18.4 Å². The van der Waals surface area contributed by atoms with Gasteiger partial charge in [0.05, 0.1) is 23.7 Å². The van der Waals surface area contributed by atoms with Crippen molar-refractivity contribution in [2.24, 2.45) is 5.92 Å². The lowest BCUT2D eigenvalue weighted by atomic mass is 9.81. The molecule has 2 bridgehead atoms. The zero-order valence-corrected chi connectivity index (χ0v) is 12.1. The number of fused-ring (bicyclic) bond motifs is 3. The van der Waals surface area contributed by atoms with Gasteiger partial charge in [-0.05, 0) is 25.5 Å². The minimum Gasteiger partial charge on any atom is -0.454 e. The molecule has 2 fully saturated rings. The normalized spacial score (nSPS) is 52.3. The minimum atomic E-state index is -1.61. The minimum absolute atomic E-state index is 0.0187. The van der Waals surface area contributed by atoms with E-state index < -0.39 is 41.6 Å². The number of esters is 1. The molecule has 0 radical (unpaired) electrons. The van der Waals surface area contributed by atoms with Gasteiger partial charge in [-0.15, -0.1) is 0 Å². The Balaban J connectivity index is 2.08. The summed E-state index contributed by atoms with van der Waals surface area (Å²) in [4.78, 5) is 11.7. The van der Waals surface area contributed by atoms with Crippen LogP contribution in [0.2, 0.25) is 0 Å². The molecule has 21 heavy (non-hydrogen) atoms. The molecule has 0 amide bonds. The first-order valence-corrected chi connectivity index (χ1v) is 7.04. The maximum absolute atomic E-state index is 11.7. The van der Waals surface area contributed by atoms with Crippen LogP contribution in [0.25, 0.3) is 0 Å². The standard InChI is InChI=1S/C15H20O6/c1-7-4-10-12(8(2)13(18)20-10)9(16)5-14(3)11(17)6-15(7,19)21-14/h4,9-12,16-17,19H,2,5-6H2,1,3H3/b7-4+/t9-,10-,11-,12-,14-,15-/m1/s1. The summed E-state index contributed by atoms with van der Waals surface area (Å²) in [6, 6.07) is 0. The molecule has 6 heteroatoms. The number of carbonyl (C=O) groups is 1. The van der Waals surface area contributed by atoms with Crippen molar-refractivity contribution in [2.45, 2.75) is 56.4 Å². The van der Waals surface area contributed by atoms with Crippen molar-refractivity contribution in [3.05, 3.63) is 23.8 Å². The number of aliphatic hydroxyl groups is 3. The van der Waals surface area contributed by atoms with Gasteiger partial charge in [-0.2, -0.15) is 0 Å². The van der Waals surface area contributed by atoms with Crippen LogP contribution in [0.1, 0.15) is 26.7 Å². The quantitative estimate of drug-likeness (QED) is 0.331. The number of aliphatic hydroxyl groups excluding tert-OH is 2. The number of hydrogen-bond acceptors (Lipinski definition) is 6. The molecule has 3 rings (SSSR count). The molecule has 2 saturated heterocycles. The predicted octanol–water partition coefficient (Wildman–Crippen LogP) is 0.0236. The molecule has 3 aliphatic rings. The van der Waals surface area contributed by atoms with Gasteiger partial charge in [0.15, 0.2) is 5.79 Å². The second kappa shape index (κ2) is 4.39. The zero-order chi connectivity index (χ0) is 15.6. The second-order valence-corrected chi connectivity index (χ2v) is 6.46. The molecule has 0 aliphatic carbocycles. The van der Waals surface area contributed by atoms with Crippen LogP contribution in [0.4, 0.5) is 0 Å². The van der Waals surface area contributed by atoms with Gasteiger partial charge in [-0.25, -0.2) is 4.79 Å². The van der Waals surface area contributed by atoms with Crippen LogP contribution < -0.4 is 0 Å². The highest BCUT2D eigenvalue weighted by Crippen LogP contribution is 2.47. The van der Waals surface area contributed by atoms with Crippen molar-refractivity contribution in [1.82, 2.24) is 0 Å². The fraction of sp³-hybridized carbons (Fsp3) is 0.667. The summed E-state index contributed by atoms with van der Waals surface area (Å²) in [5.74, 6) is -2.75. The summed E-state index contributed by atoms with van der Waals surface area (Å²) in [6.07, 6.45) is -0.873. The van der Waals surface area contributed by atoms with Gasteiger partial charge in [-0.3, -0.25) is 0 Å². The Morgan fingerprint density at radius 2 is 2.05 bits per heavy atom. The third-order valence-corrected chi connectivity index (χ3v) is 4.90. The molecule has 3 heterocycles. The summed E-state index contributed by atoms with van der Waals surface area (Å²) in [5.41, 5.74) is -0.430. The van der Waals surface area contributed by atoms with E-state index in [0.29, 0.717) is 5.57 Å². The van der Waals surface area contributed by atoms with Gasteiger partial charge in [0.25, 0.3) is 0 Å². The molecular weight excluding hydrogens is 276 g/mol. The maximum atomic E-state index is 11.7. The third-order valence-electron chi connectivity index (χ3n) is 4.90. The molecule has 0 aromatic rings. The topological polar surface area (TPSA) is 96.2 Å². The first-order chi connectivity index (χ1) is 9.66. The number of rotatable bonds is 0. The fourth-order valence-electron chi connectivity index (χ4n) is 3.51. The third kappa shape index (κ3) is 2.05. The molecule has 3 aliphatic heterocycles. The predicted molar refractivity (Wildman–Crippen MR) is 72.0 cm³/mol. The van der Waals surface area contributed by atoms with E-state index in [-0.39, 0.29) is 18.4 Å². The van der Waals surface area contributed by atoms with Gasteiger partial charge in [0.1, 0.15) is 6.10 Å². The Hall–Kier alpha value is -1.21. The Morgan fingerprint density at radius 3 is 2.71 bits per heavy atom. The van der Waals surface area contributed by atoms with Gasteiger partial charge in [0.2, 0.25) is 0 Å². The monoisotopic (exact) mass is 296 g/mol. The maximum Gasteiger partial charge on any atom is 0.334 e. The zero-order valence-electron chi connectivity index (χ0n) is 12.1. The summed E-state index contributed by atoms with van der Waals surface area (Å²) < 4.78 is 10.9. The molecule has 0 aromatic carbocycles. The molecule has 116 valence electrons. The lowest BCUT2D eigenvalue weighted by molar-refractivity contribution is -0.206. The van der Waals surface area contributed by atoms with Crippen molar-refractivity contribution in [1.29, 1.82) is 0 Å². The van der Waals surface area contributed by atoms with Crippen molar-refractivity contribution < 1.29 is 29.6 Å². The summed E-state index contributed by atoms with van der Waals surface area (Å²) >= 11 is 0. The van der Waals surface area contributed by atoms with E-state index in [4.69, 9.17) is 9.47 Å². The average molecular weight is 296 g/mol. The highest BCUT2D eigenvalue weighted by atomic mass is 16.7. The van der Waals surface area contributed by atoms with Crippen LogP contribution in [-0.4, -0.2) is 51.0 Å². The lowest BCUT2D eigenvalue weighted by Crippen LogP contribution is -2.43. The van der Waals surface area contributed by atoms with E-state index in [9.17, 15) is 20.1 Å². The Kier molecular flexibility index (Phi) is 3.08. The van der Waals surface area contributed by atoms with Crippen molar-refractivity contribution in [3.63, 3.8) is 0 Å². The van der Waals surface area contributed by atoms with E-state index in [1.54, 1.807) is 19.9 Å². The van der Waals surface area contributed by atoms with Crippen molar-refractivity contribution in [2.75, 3.05) is 0 Å². The molecule has 0 spiro atoms. The van der Waals surface area contributed by atoms with E-state index in [2.05, 4.69) is 6.58 Å². The van der Waals surface area contributed by atoms with Gasteiger partial charge in [-0.1, -0.05) is 6.58 Å². The molecule has 0 unspecified atom stereocenters. The van der Waals surface area contributed by atoms with E-state index in [1.165, 1.54) is 0 Å². The summed E-state index contributed by atoms with van der Waals surface area (Å²) in [5, 5.41) is 31.3. The van der Waals surface area contributed by atoms with Crippen LogP contribution in [0.5, 0.6) is 0 Å². The summed E-state index contributed by atoms with van der Waals surface area (Å²) in [6.45, 7) is 6.99. The second-order valence-electron chi connectivity index (χ2n) is 6.46. The highest BCUT2D eigenvalue weighted by molar-refractivity contribution is 5.91. The van der Waals surface area contributed by atoms with Crippen LogP contribution in [-0.2, 0) is 14.3 Å². The molecule has 0 saturated carbocycles. The fourth-order valence-corrected chi connectivity index (χ4v) is 3.51. The van der Waals surface area contributed by atoms with Crippen LogP contribution >= 0.6 is 0 Å². The molecule has 6 atom stereocenters. The molecular formula is C15H20O6. The first kappa shape index (κ1) is 14.7. The van der Waals surface area contributed by atoms with E-state index in [1.807, 2.05) is 0 Å². The number of ether oxygens (including phenoxy) is 2. The van der Waals surface area contributed by atoms with Gasteiger partial charge < -0.3 is 24.8 Å². The van der Waals surface area contributed by atoms with Crippen LogP contribution in [0, 0.1) is 5.92 Å². The Bertz CT molecular complexity index is 540. The molecule has 3 N–H and O–H groups in total. The van der Waals surface area contributed by atoms with E-state index in [0.717, 1.165) is 0 Å². The van der Waals surface area contributed by atoms with Crippen molar-refractivity contribution in [3.8, 4) is 0 Å². The number of carbonyl (C=O) groups excluding carboxylic acids is 1. The van der Waals surface area contributed by atoms with Crippen LogP contribution in [0.3, 0.4) is 0 Å². The average Bonchev–Trinajstić information content (AvgIpc) is 2.75. The highest BCUT2D eigenvalue weighted by Gasteiger charge is 2.57. The van der Waals surface area contributed by atoms with Crippen molar-refractivity contribution >= 4 is 5.97 Å².